The van der Waals surface area contributed by atoms with Gasteiger partial charge in [0, 0.05) is 18.7 Å². The van der Waals surface area contributed by atoms with Gasteiger partial charge in [0.15, 0.2) is 5.58 Å². The van der Waals surface area contributed by atoms with Crippen molar-refractivity contribution in [1.29, 1.82) is 0 Å². The van der Waals surface area contributed by atoms with Gasteiger partial charge in [0.25, 0.3) is 5.91 Å². The van der Waals surface area contributed by atoms with Gasteiger partial charge < -0.3 is 19.8 Å². The van der Waals surface area contributed by atoms with E-state index >= 15 is 0 Å². The Bertz CT molecular complexity index is 702. The number of hydrogen-bond donors (Lipinski definition) is 3. The third kappa shape index (κ3) is 2.98. The van der Waals surface area contributed by atoms with Crippen molar-refractivity contribution in [2.75, 3.05) is 6.54 Å². The highest BCUT2D eigenvalue weighted by atomic mass is 16.3. The van der Waals surface area contributed by atoms with Gasteiger partial charge in [0.2, 0.25) is 0 Å². The topological polar surface area (TPSA) is 78.3 Å². The van der Waals surface area contributed by atoms with E-state index in [2.05, 4.69) is 10.3 Å². The summed E-state index contributed by atoms with van der Waals surface area (Å²) in [5.74, 6) is -0.207. The molecule has 1 atom stereocenters. The van der Waals surface area contributed by atoms with Crippen LogP contribution in [0.3, 0.4) is 0 Å². The number of aromatic nitrogens is 1. The third-order valence-corrected chi connectivity index (χ3v) is 3.37. The average Bonchev–Trinajstić information content (AvgIpc) is 3.09. The number of benzene rings is 1. The number of carbonyl (C=O) groups is 1. The molecule has 2 aromatic heterocycles. The standard InChI is InChI=1S/C16H16N2O3/c19-14(11-4-2-1-3-5-11)6-8-17-16(20)13-10-15-12(18-13)7-9-21-15/h1-5,7,9-10,14,18-19H,6,8H2,(H,17,20). The van der Waals surface area contributed by atoms with Crippen LogP contribution in [-0.4, -0.2) is 22.5 Å². The van der Waals surface area contributed by atoms with E-state index in [4.69, 9.17) is 4.42 Å². The van der Waals surface area contributed by atoms with Crippen LogP contribution in [0.1, 0.15) is 28.6 Å². The van der Waals surface area contributed by atoms with Crippen LogP contribution in [0.5, 0.6) is 0 Å². The second-order valence-corrected chi connectivity index (χ2v) is 4.85. The molecule has 0 aliphatic rings. The van der Waals surface area contributed by atoms with Crippen molar-refractivity contribution in [2.45, 2.75) is 12.5 Å². The van der Waals surface area contributed by atoms with Gasteiger partial charge in [0.05, 0.1) is 17.9 Å². The highest BCUT2D eigenvalue weighted by molar-refractivity contribution is 5.96. The lowest BCUT2D eigenvalue weighted by Crippen LogP contribution is -2.25. The summed E-state index contributed by atoms with van der Waals surface area (Å²) >= 11 is 0. The summed E-state index contributed by atoms with van der Waals surface area (Å²) in [4.78, 5) is 14.9. The summed E-state index contributed by atoms with van der Waals surface area (Å²) in [6.45, 7) is 0.398. The van der Waals surface area contributed by atoms with E-state index in [1.54, 1.807) is 18.4 Å². The van der Waals surface area contributed by atoms with E-state index in [-0.39, 0.29) is 5.91 Å². The van der Waals surface area contributed by atoms with E-state index in [9.17, 15) is 9.90 Å². The summed E-state index contributed by atoms with van der Waals surface area (Å²) in [5.41, 5.74) is 2.76. The van der Waals surface area contributed by atoms with Crippen LogP contribution in [0.4, 0.5) is 0 Å². The van der Waals surface area contributed by atoms with Gasteiger partial charge in [-0.25, -0.2) is 0 Å². The third-order valence-electron chi connectivity index (χ3n) is 3.37. The maximum Gasteiger partial charge on any atom is 0.267 e. The van der Waals surface area contributed by atoms with Gasteiger partial charge in [-0.15, -0.1) is 0 Å². The number of rotatable bonds is 5. The first-order valence-corrected chi connectivity index (χ1v) is 6.81. The van der Waals surface area contributed by atoms with E-state index in [0.717, 1.165) is 11.1 Å². The molecule has 0 fully saturated rings. The van der Waals surface area contributed by atoms with Gasteiger partial charge in [0.1, 0.15) is 5.69 Å². The Labute approximate surface area is 121 Å². The van der Waals surface area contributed by atoms with Gasteiger partial charge in [-0.1, -0.05) is 30.3 Å². The molecule has 21 heavy (non-hydrogen) atoms. The Morgan fingerprint density at radius 1 is 1.29 bits per heavy atom. The van der Waals surface area contributed by atoms with Crippen LogP contribution in [0, 0.1) is 0 Å². The molecule has 3 aromatic rings. The minimum Gasteiger partial charge on any atom is -0.463 e. The van der Waals surface area contributed by atoms with E-state index in [1.165, 1.54) is 0 Å². The van der Waals surface area contributed by atoms with Crippen LogP contribution in [0.2, 0.25) is 0 Å². The van der Waals surface area contributed by atoms with Gasteiger partial charge in [-0.3, -0.25) is 4.79 Å². The van der Waals surface area contributed by atoms with Crippen LogP contribution < -0.4 is 5.32 Å². The number of H-pyrrole nitrogens is 1. The Morgan fingerprint density at radius 2 is 2.10 bits per heavy atom. The predicted octanol–water partition coefficient (Wildman–Crippen LogP) is 2.61. The van der Waals surface area contributed by atoms with Crippen LogP contribution in [0.15, 0.2) is 53.1 Å². The van der Waals surface area contributed by atoms with Crippen molar-refractivity contribution in [3.63, 3.8) is 0 Å². The molecule has 5 nitrogen and oxygen atoms in total. The minimum atomic E-state index is -0.577. The molecule has 3 N–H and O–H groups in total. The first-order chi connectivity index (χ1) is 10.2. The fourth-order valence-electron chi connectivity index (χ4n) is 2.23. The molecule has 0 spiro atoms. The fourth-order valence-corrected chi connectivity index (χ4v) is 2.23. The van der Waals surface area contributed by atoms with Gasteiger partial charge >= 0.3 is 0 Å². The van der Waals surface area contributed by atoms with E-state index < -0.39 is 6.10 Å². The van der Waals surface area contributed by atoms with Crippen LogP contribution in [-0.2, 0) is 0 Å². The second-order valence-electron chi connectivity index (χ2n) is 4.85. The average molecular weight is 284 g/mol. The molecule has 1 unspecified atom stereocenters. The molecule has 0 bridgehead atoms. The van der Waals surface area contributed by atoms with Crippen molar-refractivity contribution in [2.24, 2.45) is 0 Å². The maximum atomic E-state index is 12.0. The van der Waals surface area contributed by atoms with E-state index in [1.807, 2.05) is 30.3 Å². The fraction of sp³-hybridized carbons (Fsp3) is 0.188. The molecule has 0 saturated carbocycles. The second kappa shape index (κ2) is 5.85. The summed E-state index contributed by atoms with van der Waals surface area (Å²) in [7, 11) is 0. The zero-order chi connectivity index (χ0) is 14.7. The van der Waals surface area contributed by atoms with E-state index in [0.29, 0.717) is 24.2 Å². The number of fused-ring (bicyclic) bond motifs is 1. The zero-order valence-corrected chi connectivity index (χ0v) is 11.4. The molecule has 0 aliphatic heterocycles. The number of aliphatic hydroxyl groups is 1. The SMILES string of the molecule is O=C(NCCC(O)c1ccccc1)c1cc2occc2[nH]1. The summed E-state index contributed by atoms with van der Waals surface area (Å²) in [6.07, 6.45) is 1.46. The lowest BCUT2D eigenvalue weighted by molar-refractivity contribution is 0.0938. The predicted molar refractivity (Wildman–Crippen MR) is 78.9 cm³/mol. The van der Waals surface area contributed by atoms with Crippen molar-refractivity contribution in [3.8, 4) is 0 Å². The number of furan rings is 1. The Hall–Kier alpha value is -2.53. The molecule has 3 rings (SSSR count). The monoisotopic (exact) mass is 284 g/mol. The van der Waals surface area contributed by atoms with Crippen molar-refractivity contribution >= 4 is 17.0 Å². The number of aliphatic hydroxyl groups excluding tert-OH is 1. The number of carbonyl (C=O) groups excluding carboxylic acids is 1. The summed E-state index contributed by atoms with van der Waals surface area (Å²) in [5, 5.41) is 12.8. The zero-order valence-electron chi connectivity index (χ0n) is 11.4. The van der Waals surface area contributed by atoms with Gasteiger partial charge in [-0.2, -0.15) is 0 Å². The molecule has 2 heterocycles. The molecule has 0 aliphatic carbocycles. The maximum absolute atomic E-state index is 12.0. The Balaban J connectivity index is 1.53. The summed E-state index contributed by atoms with van der Waals surface area (Å²) < 4.78 is 5.20. The van der Waals surface area contributed by atoms with Crippen LogP contribution >= 0.6 is 0 Å². The molecular weight excluding hydrogens is 268 g/mol. The largest absolute Gasteiger partial charge is 0.463 e. The quantitative estimate of drug-likeness (QED) is 0.674. The van der Waals surface area contributed by atoms with Crippen molar-refractivity contribution in [3.05, 3.63) is 60.0 Å². The first-order valence-electron chi connectivity index (χ1n) is 6.81. The lowest BCUT2D eigenvalue weighted by atomic mass is 10.1. The van der Waals surface area contributed by atoms with Gasteiger partial charge in [-0.05, 0) is 12.0 Å². The molecule has 1 amide bonds. The van der Waals surface area contributed by atoms with Crippen molar-refractivity contribution in [1.82, 2.24) is 10.3 Å². The minimum absolute atomic E-state index is 0.207. The smallest absolute Gasteiger partial charge is 0.267 e. The molecule has 0 saturated heterocycles. The Kier molecular flexibility index (Phi) is 3.75. The molecule has 5 heteroatoms. The Morgan fingerprint density at radius 3 is 2.86 bits per heavy atom. The molecule has 0 radical (unpaired) electrons. The van der Waals surface area contributed by atoms with Crippen LogP contribution in [0.25, 0.3) is 11.1 Å². The normalized spacial score (nSPS) is 12.4. The molecular formula is C16H16N2O3. The lowest BCUT2D eigenvalue weighted by Gasteiger charge is -2.11. The number of hydrogen-bond acceptors (Lipinski definition) is 3. The highest BCUT2D eigenvalue weighted by Gasteiger charge is 2.12. The molecule has 1 aromatic carbocycles. The van der Waals surface area contributed by atoms with Crippen molar-refractivity contribution < 1.29 is 14.3 Å². The number of aromatic amines is 1. The number of amides is 1. The molecule has 108 valence electrons. The number of nitrogens with one attached hydrogen (secondary N) is 2. The first kappa shape index (κ1) is 13.5. The summed E-state index contributed by atoms with van der Waals surface area (Å²) in [6, 6.07) is 12.8. The highest BCUT2D eigenvalue weighted by Crippen LogP contribution is 2.17.